The predicted molar refractivity (Wildman–Crippen MR) is 67.6 cm³/mol. The van der Waals surface area contributed by atoms with Gasteiger partial charge in [0.15, 0.2) is 0 Å². The third-order valence-corrected chi connectivity index (χ3v) is 4.37. The summed E-state index contributed by atoms with van der Waals surface area (Å²) >= 11 is 0. The van der Waals surface area contributed by atoms with Gasteiger partial charge in [-0.1, -0.05) is 12.2 Å². The Morgan fingerprint density at radius 1 is 1.24 bits per heavy atom. The van der Waals surface area contributed by atoms with Crippen molar-refractivity contribution >= 4 is 0 Å². The smallest absolute Gasteiger partial charge is 0.0655 e. The highest BCUT2D eigenvalue weighted by molar-refractivity contribution is 5.07. The van der Waals surface area contributed by atoms with Crippen molar-refractivity contribution in [3.8, 4) is 0 Å². The van der Waals surface area contributed by atoms with Crippen LogP contribution in [0.25, 0.3) is 0 Å². The molecule has 0 aromatic carbocycles. The first-order valence-electron chi connectivity index (χ1n) is 6.80. The molecule has 4 nitrogen and oxygen atoms in total. The molecule has 3 fully saturated rings. The van der Waals surface area contributed by atoms with Gasteiger partial charge in [0, 0.05) is 31.7 Å². The zero-order chi connectivity index (χ0) is 11.7. The highest BCUT2D eigenvalue weighted by atomic mass is 16.5. The van der Waals surface area contributed by atoms with Crippen molar-refractivity contribution in [2.75, 3.05) is 33.0 Å². The average Bonchev–Trinajstić information content (AvgIpc) is 2.39. The SMILES string of the molecule is C=C1CCC2NCNC(N3CCOCC3)C2C1. The zero-order valence-corrected chi connectivity index (χ0v) is 10.5. The maximum Gasteiger partial charge on any atom is 0.0655 e. The minimum Gasteiger partial charge on any atom is -0.379 e. The van der Waals surface area contributed by atoms with Crippen molar-refractivity contribution in [3.63, 3.8) is 0 Å². The highest BCUT2D eigenvalue weighted by Gasteiger charge is 2.38. The lowest BCUT2D eigenvalue weighted by Crippen LogP contribution is -2.65. The second kappa shape index (κ2) is 5.06. The molecule has 3 unspecified atom stereocenters. The van der Waals surface area contributed by atoms with Crippen molar-refractivity contribution in [2.45, 2.75) is 31.5 Å². The van der Waals surface area contributed by atoms with Crippen LogP contribution in [0.2, 0.25) is 0 Å². The quantitative estimate of drug-likeness (QED) is 0.652. The Morgan fingerprint density at radius 2 is 2.06 bits per heavy atom. The van der Waals surface area contributed by atoms with Gasteiger partial charge in [-0.3, -0.25) is 10.2 Å². The molecule has 3 atom stereocenters. The average molecular weight is 237 g/mol. The fraction of sp³-hybridized carbons (Fsp3) is 0.846. The second-order valence-corrected chi connectivity index (χ2v) is 5.44. The zero-order valence-electron chi connectivity index (χ0n) is 10.5. The number of nitrogens with zero attached hydrogens (tertiary/aromatic N) is 1. The summed E-state index contributed by atoms with van der Waals surface area (Å²) in [5.74, 6) is 0.683. The van der Waals surface area contributed by atoms with E-state index in [1.165, 1.54) is 24.8 Å². The van der Waals surface area contributed by atoms with Gasteiger partial charge in [-0.25, -0.2) is 0 Å². The van der Waals surface area contributed by atoms with Gasteiger partial charge in [-0.2, -0.15) is 0 Å². The van der Waals surface area contributed by atoms with E-state index in [0.29, 0.717) is 18.1 Å². The number of hydrogen-bond acceptors (Lipinski definition) is 4. The van der Waals surface area contributed by atoms with E-state index in [0.717, 1.165) is 33.0 Å². The number of morpholine rings is 1. The number of rotatable bonds is 1. The van der Waals surface area contributed by atoms with E-state index in [1.54, 1.807) is 0 Å². The lowest BCUT2D eigenvalue weighted by Gasteiger charge is -2.48. The van der Waals surface area contributed by atoms with E-state index in [9.17, 15) is 0 Å². The van der Waals surface area contributed by atoms with Crippen LogP contribution >= 0.6 is 0 Å². The molecule has 2 N–H and O–H groups in total. The summed E-state index contributed by atoms with van der Waals surface area (Å²) in [5.41, 5.74) is 1.43. The van der Waals surface area contributed by atoms with Gasteiger partial charge in [0.05, 0.1) is 19.4 Å². The molecule has 17 heavy (non-hydrogen) atoms. The van der Waals surface area contributed by atoms with Crippen LogP contribution in [0.1, 0.15) is 19.3 Å². The molecule has 0 bridgehead atoms. The fourth-order valence-corrected chi connectivity index (χ4v) is 3.44. The summed E-state index contributed by atoms with van der Waals surface area (Å²) in [7, 11) is 0. The lowest BCUT2D eigenvalue weighted by atomic mass is 9.78. The van der Waals surface area contributed by atoms with Gasteiger partial charge in [-0.15, -0.1) is 0 Å². The molecular formula is C13H23N3O. The van der Waals surface area contributed by atoms with Crippen molar-refractivity contribution in [1.82, 2.24) is 15.5 Å². The van der Waals surface area contributed by atoms with Gasteiger partial charge in [0.1, 0.15) is 0 Å². The van der Waals surface area contributed by atoms with Crippen molar-refractivity contribution in [2.24, 2.45) is 5.92 Å². The molecule has 2 saturated heterocycles. The first kappa shape index (κ1) is 11.7. The number of nitrogens with one attached hydrogen (secondary N) is 2. The van der Waals surface area contributed by atoms with Crippen molar-refractivity contribution < 1.29 is 4.74 Å². The van der Waals surface area contributed by atoms with Crippen LogP contribution in [-0.4, -0.2) is 50.1 Å². The van der Waals surface area contributed by atoms with E-state index in [-0.39, 0.29) is 0 Å². The van der Waals surface area contributed by atoms with Crippen LogP contribution in [0.3, 0.4) is 0 Å². The van der Waals surface area contributed by atoms with E-state index < -0.39 is 0 Å². The van der Waals surface area contributed by atoms with Gasteiger partial charge >= 0.3 is 0 Å². The standard InChI is InChI=1S/C13H23N3O/c1-10-2-3-12-11(8-10)13(15-9-14-12)16-4-6-17-7-5-16/h11-15H,1-9H2. The molecule has 0 aromatic rings. The summed E-state index contributed by atoms with van der Waals surface area (Å²) in [6.45, 7) is 9.01. The number of allylic oxidation sites excluding steroid dienone is 1. The van der Waals surface area contributed by atoms with Crippen LogP contribution < -0.4 is 10.6 Å². The molecule has 4 heteroatoms. The van der Waals surface area contributed by atoms with Gasteiger partial charge in [-0.05, 0) is 19.3 Å². The molecule has 0 radical (unpaired) electrons. The van der Waals surface area contributed by atoms with Crippen LogP contribution in [0.4, 0.5) is 0 Å². The topological polar surface area (TPSA) is 36.5 Å². The number of hydrogen-bond donors (Lipinski definition) is 2. The lowest BCUT2D eigenvalue weighted by molar-refractivity contribution is -0.0263. The maximum atomic E-state index is 5.45. The summed E-state index contributed by atoms with van der Waals surface area (Å²) in [6, 6.07) is 0.676. The molecular weight excluding hydrogens is 214 g/mol. The minimum atomic E-state index is 0.516. The van der Waals surface area contributed by atoms with Crippen LogP contribution in [0, 0.1) is 5.92 Å². The van der Waals surface area contributed by atoms with Crippen molar-refractivity contribution in [1.29, 1.82) is 0 Å². The Kier molecular flexibility index (Phi) is 3.47. The first-order valence-corrected chi connectivity index (χ1v) is 6.80. The van der Waals surface area contributed by atoms with Crippen molar-refractivity contribution in [3.05, 3.63) is 12.2 Å². The van der Waals surface area contributed by atoms with E-state index in [2.05, 4.69) is 22.1 Å². The third kappa shape index (κ3) is 2.40. The molecule has 96 valence electrons. The molecule has 2 heterocycles. The first-order chi connectivity index (χ1) is 8.34. The predicted octanol–water partition coefficient (Wildman–Crippen LogP) is 0.520. The largest absolute Gasteiger partial charge is 0.379 e. The minimum absolute atomic E-state index is 0.516. The summed E-state index contributed by atoms with van der Waals surface area (Å²) < 4.78 is 5.45. The summed E-state index contributed by atoms with van der Waals surface area (Å²) in [4.78, 5) is 2.56. The van der Waals surface area contributed by atoms with Crippen LogP contribution in [0.5, 0.6) is 0 Å². The summed E-state index contributed by atoms with van der Waals surface area (Å²) in [6.07, 6.45) is 4.14. The second-order valence-electron chi connectivity index (χ2n) is 5.44. The van der Waals surface area contributed by atoms with E-state index in [4.69, 9.17) is 4.74 Å². The Labute approximate surface area is 103 Å². The Bertz CT molecular complexity index is 288. The molecule has 1 saturated carbocycles. The van der Waals surface area contributed by atoms with Gasteiger partial charge in [0.25, 0.3) is 0 Å². The van der Waals surface area contributed by atoms with Crippen LogP contribution in [-0.2, 0) is 4.74 Å². The Morgan fingerprint density at radius 3 is 2.88 bits per heavy atom. The highest BCUT2D eigenvalue weighted by Crippen LogP contribution is 2.32. The summed E-state index contributed by atoms with van der Waals surface area (Å²) in [5, 5.41) is 7.23. The normalized spacial score (nSPS) is 40.0. The monoisotopic (exact) mass is 237 g/mol. The Hall–Kier alpha value is -0.420. The fourth-order valence-electron chi connectivity index (χ4n) is 3.44. The van der Waals surface area contributed by atoms with E-state index >= 15 is 0 Å². The molecule has 0 spiro atoms. The third-order valence-electron chi connectivity index (χ3n) is 4.37. The maximum absolute atomic E-state index is 5.45. The number of ether oxygens (including phenoxy) is 1. The molecule has 2 aliphatic heterocycles. The molecule has 0 aromatic heterocycles. The molecule has 3 rings (SSSR count). The van der Waals surface area contributed by atoms with Gasteiger partial charge in [0.2, 0.25) is 0 Å². The van der Waals surface area contributed by atoms with Crippen LogP contribution in [0.15, 0.2) is 12.2 Å². The molecule has 1 aliphatic carbocycles. The van der Waals surface area contributed by atoms with Gasteiger partial charge < -0.3 is 10.1 Å². The van der Waals surface area contributed by atoms with E-state index in [1.807, 2.05) is 0 Å². The Balaban J connectivity index is 1.70. The number of fused-ring (bicyclic) bond motifs is 1. The molecule has 3 aliphatic rings. The molecule has 0 amide bonds.